The normalized spacial score (nSPS) is 9.44. The zero-order valence-corrected chi connectivity index (χ0v) is 10.4. The molecule has 0 aliphatic carbocycles. The molecule has 6 heteroatoms. The Balaban J connectivity index is 2.84. The predicted molar refractivity (Wildman–Crippen MR) is 64.1 cm³/mol. The lowest BCUT2D eigenvalue weighted by molar-refractivity contribution is 0.836. The third-order valence-electron chi connectivity index (χ3n) is 1.65. The third kappa shape index (κ3) is 4.09. The zero-order chi connectivity index (χ0) is 11.8. The summed E-state index contributed by atoms with van der Waals surface area (Å²) in [6.07, 6.45) is 0.822. The molecule has 16 heavy (non-hydrogen) atoms. The minimum Gasteiger partial charge on any atom is -0.228 e. The Hall–Kier alpha value is -1.24. The van der Waals surface area contributed by atoms with Crippen LogP contribution in [0.15, 0.2) is 16.2 Å². The van der Waals surface area contributed by atoms with Gasteiger partial charge in [0.05, 0.1) is 23.6 Å². The number of hydrogen-bond acceptors (Lipinski definition) is 6. The molecular weight excluding hydrogens is 240 g/mol. The summed E-state index contributed by atoms with van der Waals surface area (Å²) < 4.78 is 0. The number of thioether (sulfide) groups is 2. The summed E-state index contributed by atoms with van der Waals surface area (Å²) >= 11 is 2.71. The van der Waals surface area contributed by atoms with Crippen LogP contribution in [0.2, 0.25) is 0 Å². The van der Waals surface area contributed by atoms with Crippen LogP contribution in [0.5, 0.6) is 0 Å². The van der Waals surface area contributed by atoms with Crippen molar-refractivity contribution in [2.75, 3.05) is 11.5 Å². The summed E-state index contributed by atoms with van der Waals surface area (Å²) in [5.74, 6) is 0.720. The quantitative estimate of drug-likeness (QED) is 0.453. The van der Waals surface area contributed by atoms with E-state index >= 15 is 0 Å². The fourth-order valence-electron chi connectivity index (χ4n) is 0.972. The summed E-state index contributed by atoms with van der Waals surface area (Å²) in [7, 11) is 0. The molecule has 0 fully saturated rings. The van der Waals surface area contributed by atoms with Crippen LogP contribution in [0.25, 0.3) is 0 Å². The van der Waals surface area contributed by atoms with Crippen molar-refractivity contribution in [1.29, 1.82) is 10.5 Å². The van der Waals surface area contributed by atoms with Gasteiger partial charge in [-0.05, 0) is 12.5 Å². The van der Waals surface area contributed by atoms with Gasteiger partial charge in [0.1, 0.15) is 5.03 Å². The first-order valence-corrected chi connectivity index (χ1v) is 6.64. The smallest absolute Gasteiger partial charge is 0.189 e. The van der Waals surface area contributed by atoms with Crippen molar-refractivity contribution in [3.05, 3.63) is 11.8 Å². The first-order valence-electron chi connectivity index (χ1n) is 4.67. The predicted octanol–water partition coefficient (Wildman–Crippen LogP) is 2.27. The number of nitrogens with zero attached hydrogens (tertiary/aromatic N) is 4. The highest BCUT2D eigenvalue weighted by atomic mass is 32.2. The van der Waals surface area contributed by atoms with Gasteiger partial charge in [-0.2, -0.15) is 10.5 Å². The topological polar surface area (TPSA) is 73.4 Å². The van der Waals surface area contributed by atoms with E-state index in [4.69, 9.17) is 10.5 Å². The lowest BCUT2D eigenvalue weighted by Gasteiger charge is -2.03. The molecule has 0 aliphatic heterocycles. The Morgan fingerprint density at radius 2 is 1.88 bits per heavy atom. The van der Waals surface area contributed by atoms with Crippen molar-refractivity contribution in [1.82, 2.24) is 9.97 Å². The van der Waals surface area contributed by atoms with Gasteiger partial charge in [0.2, 0.25) is 0 Å². The first-order chi connectivity index (χ1) is 7.80. The Bertz CT molecular complexity index is 397. The average molecular weight is 250 g/mol. The number of aromatic nitrogens is 2. The molecule has 0 saturated carbocycles. The maximum atomic E-state index is 8.50. The lowest BCUT2D eigenvalue weighted by Crippen LogP contribution is -1.95. The van der Waals surface area contributed by atoms with E-state index < -0.39 is 0 Å². The highest BCUT2D eigenvalue weighted by Gasteiger charge is 2.04. The van der Waals surface area contributed by atoms with Gasteiger partial charge in [-0.25, -0.2) is 9.97 Å². The molecule has 0 unspecified atom stereocenters. The van der Waals surface area contributed by atoms with Crippen LogP contribution in [0.4, 0.5) is 0 Å². The molecule has 1 heterocycles. The van der Waals surface area contributed by atoms with Crippen LogP contribution < -0.4 is 0 Å². The molecule has 0 atom stereocenters. The van der Waals surface area contributed by atoms with E-state index in [1.165, 1.54) is 23.5 Å². The number of nitriles is 2. The molecule has 0 spiro atoms. The molecular formula is C10H10N4S2. The molecule has 82 valence electrons. The van der Waals surface area contributed by atoms with Crippen molar-refractivity contribution in [2.24, 2.45) is 0 Å². The summed E-state index contributed by atoms with van der Waals surface area (Å²) in [5, 5.41) is 18.4. The third-order valence-corrected chi connectivity index (χ3v) is 3.14. The summed E-state index contributed by atoms with van der Waals surface area (Å²) in [6, 6.07) is 5.99. The molecule has 0 radical (unpaired) electrons. The van der Waals surface area contributed by atoms with Gasteiger partial charge in [-0.15, -0.1) is 0 Å². The Labute approximate surface area is 103 Å². The van der Waals surface area contributed by atoms with E-state index in [1.807, 2.05) is 19.1 Å². The van der Waals surface area contributed by atoms with E-state index in [-0.39, 0.29) is 0 Å². The van der Waals surface area contributed by atoms with E-state index in [1.54, 1.807) is 0 Å². The first kappa shape index (κ1) is 12.8. The van der Waals surface area contributed by atoms with Gasteiger partial charge in [0, 0.05) is 5.69 Å². The second-order valence-electron chi connectivity index (χ2n) is 2.73. The summed E-state index contributed by atoms with van der Waals surface area (Å²) in [5.41, 5.74) is 0.941. The molecule has 0 aromatic carbocycles. The van der Waals surface area contributed by atoms with Gasteiger partial charge >= 0.3 is 0 Å². The Morgan fingerprint density at radius 1 is 1.19 bits per heavy atom. The maximum Gasteiger partial charge on any atom is 0.189 e. The Morgan fingerprint density at radius 3 is 2.50 bits per heavy atom. The summed E-state index contributed by atoms with van der Waals surface area (Å²) in [6.45, 7) is 2.01. The van der Waals surface area contributed by atoms with Crippen LogP contribution >= 0.6 is 23.5 Å². The van der Waals surface area contributed by atoms with Crippen LogP contribution in [0.3, 0.4) is 0 Å². The zero-order valence-electron chi connectivity index (χ0n) is 8.80. The fraction of sp³-hybridized carbons (Fsp3) is 0.400. The van der Waals surface area contributed by atoms with Crippen molar-refractivity contribution in [2.45, 2.75) is 23.5 Å². The number of rotatable bonds is 5. The average Bonchev–Trinajstić information content (AvgIpc) is 2.33. The molecule has 1 aromatic heterocycles. The number of aryl methyl sites for hydroxylation is 1. The van der Waals surface area contributed by atoms with Crippen molar-refractivity contribution >= 4 is 23.5 Å². The fourth-order valence-corrected chi connectivity index (χ4v) is 2.15. The minimum atomic E-state index is 0.343. The Kier molecular flexibility index (Phi) is 5.69. The molecule has 0 N–H and O–H groups in total. The largest absolute Gasteiger partial charge is 0.228 e. The lowest BCUT2D eigenvalue weighted by atomic mass is 10.3. The van der Waals surface area contributed by atoms with Crippen LogP contribution in [0.1, 0.15) is 12.6 Å². The molecule has 0 bridgehead atoms. The molecule has 1 rings (SSSR count). The van der Waals surface area contributed by atoms with Crippen LogP contribution in [0, 0.1) is 22.7 Å². The highest BCUT2D eigenvalue weighted by Crippen LogP contribution is 2.20. The molecule has 0 saturated heterocycles. The van der Waals surface area contributed by atoms with Crippen LogP contribution in [-0.2, 0) is 6.42 Å². The van der Waals surface area contributed by atoms with Gasteiger partial charge in [-0.3, -0.25) is 0 Å². The van der Waals surface area contributed by atoms with Gasteiger partial charge in [0.15, 0.2) is 5.16 Å². The summed E-state index contributed by atoms with van der Waals surface area (Å²) in [4.78, 5) is 8.57. The van der Waals surface area contributed by atoms with E-state index in [0.29, 0.717) is 16.7 Å². The number of hydrogen-bond donors (Lipinski definition) is 0. The monoisotopic (exact) mass is 250 g/mol. The van der Waals surface area contributed by atoms with Gasteiger partial charge < -0.3 is 0 Å². The molecule has 0 aliphatic rings. The maximum absolute atomic E-state index is 8.50. The van der Waals surface area contributed by atoms with Crippen molar-refractivity contribution in [3.8, 4) is 12.1 Å². The van der Waals surface area contributed by atoms with Crippen molar-refractivity contribution in [3.63, 3.8) is 0 Å². The van der Waals surface area contributed by atoms with Gasteiger partial charge in [-0.1, -0.05) is 30.4 Å². The molecule has 4 nitrogen and oxygen atoms in total. The van der Waals surface area contributed by atoms with Crippen LogP contribution in [-0.4, -0.2) is 21.5 Å². The highest BCUT2D eigenvalue weighted by molar-refractivity contribution is 8.00. The minimum absolute atomic E-state index is 0.343. The molecule has 0 amide bonds. The second kappa shape index (κ2) is 7.10. The van der Waals surface area contributed by atoms with Crippen molar-refractivity contribution < 1.29 is 0 Å². The van der Waals surface area contributed by atoms with E-state index in [0.717, 1.165) is 17.1 Å². The van der Waals surface area contributed by atoms with E-state index in [2.05, 4.69) is 16.0 Å². The molecule has 1 aromatic rings. The van der Waals surface area contributed by atoms with E-state index in [9.17, 15) is 0 Å². The standard InChI is InChI=1S/C10H10N4S2/c1-2-8-7-9(15-5-3-11)14-10(13-8)16-6-4-12/h7H,2,5-6H2,1H3. The van der Waals surface area contributed by atoms with Gasteiger partial charge in [0.25, 0.3) is 0 Å². The second-order valence-corrected chi connectivity index (χ2v) is 4.67. The SMILES string of the molecule is CCc1cc(SCC#N)nc(SCC#N)n1.